The predicted octanol–water partition coefficient (Wildman–Crippen LogP) is 1.38. The Hall–Kier alpha value is -1.10. The van der Waals surface area contributed by atoms with Crippen molar-refractivity contribution in [3.05, 3.63) is 0 Å². The van der Waals surface area contributed by atoms with Crippen LogP contribution in [0.3, 0.4) is 0 Å². The second kappa shape index (κ2) is 9.78. The van der Waals surface area contributed by atoms with Crippen LogP contribution < -0.4 is 0 Å². The van der Waals surface area contributed by atoms with E-state index in [1.807, 2.05) is 32.8 Å². The summed E-state index contributed by atoms with van der Waals surface area (Å²) < 4.78 is 4.89. The van der Waals surface area contributed by atoms with Crippen LogP contribution in [0.1, 0.15) is 33.6 Å². The Morgan fingerprint density at radius 1 is 1.11 bits per heavy atom. The van der Waals surface area contributed by atoms with E-state index in [1.165, 1.54) is 0 Å². The molecule has 0 aromatic carbocycles. The van der Waals surface area contributed by atoms with Crippen molar-refractivity contribution in [2.75, 3.05) is 40.3 Å². The summed E-state index contributed by atoms with van der Waals surface area (Å²) in [4.78, 5) is 27.2. The van der Waals surface area contributed by atoms with Gasteiger partial charge in [0.15, 0.2) is 0 Å². The monoisotopic (exact) mass is 272 g/mol. The second-order valence-electron chi connectivity index (χ2n) is 5.34. The van der Waals surface area contributed by atoms with Crippen molar-refractivity contribution in [2.45, 2.75) is 33.6 Å². The van der Waals surface area contributed by atoms with Gasteiger partial charge in [-0.3, -0.25) is 9.59 Å². The summed E-state index contributed by atoms with van der Waals surface area (Å²) in [5.74, 6) is 0.202. The summed E-state index contributed by atoms with van der Waals surface area (Å²) in [6, 6.07) is 0. The normalized spacial score (nSPS) is 10.9. The van der Waals surface area contributed by atoms with Crippen molar-refractivity contribution in [3.8, 4) is 0 Å². The minimum atomic E-state index is -0.241. The Morgan fingerprint density at radius 3 is 2.21 bits per heavy atom. The third-order valence-corrected chi connectivity index (χ3v) is 2.64. The van der Waals surface area contributed by atoms with Crippen LogP contribution in [0.25, 0.3) is 0 Å². The van der Waals surface area contributed by atoms with Crippen LogP contribution in [0, 0.1) is 5.92 Å². The van der Waals surface area contributed by atoms with Gasteiger partial charge in [0.2, 0.25) is 5.91 Å². The first-order chi connectivity index (χ1) is 8.86. The molecule has 0 spiro atoms. The van der Waals surface area contributed by atoms with Crippen molar-refractivity contribution in [3.63, 3.8) is 0 Å². The Labute approximate surface area is 116 Å². The summed E-state index contributed by atoms with van der Waals surface area (Å²) in [6.45, 7) is 8.10. The lowest BCUT2D eigenvalue weighted by atomic mass is 10.1. The molecular formula is C14H28N2O3. The topological polar surface area (TPSA) is 49.9 Å². The minimum absolute atomic E-state index is 0.112. The average Bonchev–Trinajstić information content (AvgIpc) is 2.27. The van der Waals surface area contributed by atoms with Gasteiger partial charge in [0.1, 0.15) is 0 Å². The highest BCUT2D eigenvalue weighted by molar-refractivity contribution is 5.77. The first-order valence-corrected chi connectivity index (χ1v) is 6.94. The number of likely N-dealkylation sites (N-methyl/N-ethyl adjacent to an activating group) is 1. The van der Waals surface area contributed by atoms with Gasteiger partial charge in [-0.25, -0.2) is 0 Å². The van der Waals surface area contributed by atoms with E-state index in [4.69, 9.17) is 4.74 Å². The maximum absolute atomic E-state index is 12.1. The van der Waals surface area contributed by atoms with Crippen LogP contribution >= 0.6 is 0 Å². The lowest BCUT2D eigenvalue weighted by Crippen LogP contribution is -2.38. The Bertz CT molecular complexity index is 278. The van der Waals surface area contributed by atoms with Crippen molar-refractivity contribution in [2.24, 2.45) is 5.92 Å². The quantitative estimate of drug-likeness (QED) is 0.595. The number of amides is 1. The SMILES string of the molecule is CCOC(=O)CCN(CCN(C)C)C(=O)CC(C)C. The van der Waals surface area contributed by atoms with Gasteiger partial charge in [-0.05, 0) is 26.9 Å². The minimum Gasteiger partial charge on any atom is -0.466 e. The van der Waals surface area contributed by atoms with Crippen molar-refractivity contribution in [1.29, 1.82) is 0 Å². The van der Waals surface area contributed by atoms with Gasteiger partial charge < -0.3 is 14.5 Å². The summed E-state index contributed by atoms with van der Waals surface area (Å²) >= 11 is 0. The number of hydrogen-bond donors (Lipinski definition) is 0. The third kappa shape index (κ3) is 9.47. The van der Waals surface area contributed by atoms with E-state index in [9.17, 15) is 9.59 Å². The molecule has 5 heteroatoms. The first-order valence-electron chi connectivity index (χ1n) is 6.94. The molecule has 0 aromatic rings. The van der Waals surface area contributed by atoms with E-state index in [1.54, 1.807) is 11.8 Å². The van der Waals surface area contributed by atoms with Crippen molar-refractivity contribution < 1.29 is 14.3 Å². The molecule has 0 rings (SSSR count). The highest BCUT2D eigenvalue weighted by atomic mass is 16.5. The zero-order valence-electron chi connectivity index (χ0n) is 12.9. The number of hydrogen-bond acceptors (Lipinski definition) is 4. The van der Waals surface area contributed by atoms with E-state index in [2.05, 4.69) is 0 Å². The lowest BCUT2D eigenvalue weighted by molar-refractivity contribution is -0.144. The highest BCUT2D eigenvalue weighted by Crippen LogP contribution is 2.05. The van der Waals surface area contributed by atoms with Crippen LogP contribution in [-0.4, -0.2) is 62.0 Å². The van der Waals surface area contributed by atoms with Crippen LogP contribution in [0.15, 0.2) is 0 Å². The highest BCUT2D eigenvalue weighted by Gasteiger charge is 2.16. The average molecular weight is 272 g/mol. The van der Waals surface area contributed by atoms with Gasteiger partial charge in [-0.1, -0.05) is 13.8 Å². The summed E-state index contributed by atoms with van der Waals surface area (Å²) in [7, 11) is 3.94. The van der Waals surface area contributed by atoms with Crippen LogP contribution in [0.2, 0.25) is 0 Å². The van der Waals surface area contributed by atoms with E-state index in [0.29, 0.717) is 32.0 Å². The molecule has 0 atom stereocenters. The molecular weight excluding hydrogens is 244 g/mol. The Balaban J connectivity index is 4.32. The number of ether oxygens (including phenoxy) is 1. The molecule has 0 unspecified atom stereocenters. The van der Waals surface area contributed by atoms with E-state index in [-0.39, 0.29) is 18.3 Å². The van der Waals surface area contributed by atoms with Crippen molar-refractivity contribution in [1.82, 2.24) is 9.80 Å². The fourth-order valence-corrected chi connectivity index (χ4v) is 1.62. The maximum atomic E-state index is 12.1. The molecule has 0 aliphatic heterocycles. The Kier molecular flexibility index (Phi) is 9.21. The van der Waals surface area contributed by atoms with Crippen LogP contribution in [0.5, 0.6) is 0 Å². The van der Waals surface area contributed by atoms with E-state index >= 15 is 0 Å². The summed E-state index contributed by atoms with van der Waals surface area (Å²) in [5, 5.41) is 0. The predicted molar refractivity (Wildman–Crippen MR) is 75.8 cm³/mol. The summed E-state index contributed by atoms with van der Waals surface area (Å²) in [5.41, 5.74) is 0. The molecule has 1 amide bonds. The number of carbonyl (C=O) groups is 2. The van der Waals surface area contributed by atoms with E-state index in [0.717, 1.165) is 6.54 Å². The zero-order chi connectivity index (χ0) is 14.8. The van der Waals surface area contributed by atoms with Crippen LogP contribution in [-0.2, 0) is 14.3 Å². The number of esters is 1. The van der Waals surface area contributed by atoms with Gasteiger partial charge in [0, 0.05) is 26.1 Å². The number of rotatable bonds is 9. The Morgan fingerprint density at radius 2 is 1.74 bits per heavy atom. The fourth-order valence-electron chi connectivity index (χ4n) is 1.62. The molecule has 0 saturated heterocycles. The number of carbonyl (C=O) groups excluding carboxylic acids is 2. The van der Waals surface area contributed by atoms with Gasteiger partial charge in [0.25, 0.3) is 0 Å². The molecule has 0 fully saturated rings. The van der Waals surface area contributed by atoms with Gasteiger partial charge in [-0.15, -0.1) is 0 Å². The molecule has 0 heterocycles. The maximum Gasteiger partial charge on any atom is 0.307 e. The van der Waals surface area contributed by atoms with Crippen molar-refractivity contribution >= 4 is 11.9 Å². The molecule has 19 heavy (non-hydrogen) atoms. The third-order valence-electron chi connectivity index (χ3n) is 2.64. The molecule has 5 nitrogen and oxygen atoms in total. The van der Waals surface area contributed by atoms with Gasteiger partial charge >= 0.3 is 5.97 Å². The molecule has 0 saturated carbocycles. The molecule has 112 valence electrons. The molecule has 0 aromatic heterocycles. The smallest absolute Gasteiger partial charge is 0.307 e. The molecule has 0 aliphatic carbocycles. The fraction of sp³-hybridized carbons (Fsp3) is 0.857. The summed E-state index contributed by atoms with van der Waals surface area (Å²) in [6.07, 6.45) is 0.793. The molecule has 0 bridgehead atoms. The molecule has 0 radical (unpaired) electrons. The van der Waals surface area contributed by atoms with Gasteiger partial charge in [0.05, 0.1) is 13.0 Å². The lowest BCUT2D eigenvalue weighted by Gasteiger charge is -2.25. The van der Waals surface area contributed by atoms with Crippen LogP contribution in [0.4, 0.5) is 0 Å². The zero-order valence-corrected chi connectivity index (χ0v) is 12.9. The molecule has 0 N–H and O–H groups in total. The number of nitrogens with zero attached hydrogens (tertiary/aromatic N) is 2. The molecule has 0 aliphatic rings. The largest absolute Gasteiger partial charge is 0.466 e. The van der Waals surface area contributed by atoms with Gasteiger partial charge in [-0.2, -0.15) is 0 Å². The van der Waals surface area contributed by atoms with E-state index < -0.39 is 0 Å². The standard InChI is InChI=1S/C14H28N2O3/c1-6-19-14(18)7-8-16(10-9-15(4)5)13(17)11-12(2)3/h12H,6-11H2,1-5H3. The second-order valence-corrected chi connectivity index (χ2v) is 5.34. The first kappa shape index (κ1) is 17.9.